The Kier molecular flexibility index (Phi) is 7.86. The van der Waals surface area contributed by atoms with Crippen molar-refractivity contribution in [3.63, 3.8) is 0 Å². The number of aryl methyl sites for hydroxylation is 1. The number of unbranched alkanes of at least 4 members (excludes halogenated alkanes) is 2. The molecule has 0 saturated heterocycles. The maximum atomic E-state index is 10.6. The number of phenols is 2. The van der Waals surface area contributed by atoms with E-state index in [1.165, 1.54) is 6.92 Å². The maximum Gasteiger partial charge on any atom is 0.123 e. The number of hydrogen-bond donors (Lipinski definition) is 7. The van der Waals surface area contributed by atoms with Gasteiger partial charge in [-0.1, -0.05) is 12.5 Å². The first kappa shape index (κ1) is 22.6. The lowest BCUT2D eigenvalue weighted by Crippen LogP contribution is -2.45. The summed E-state index contributed by atoms with van der Waals surface area (Å²) in [7, 11) is 0. The van der Waals surface area contributed by atoms with Gasteiger partial charge in [-0.15, -0.1) is 0 Å². The Hall–Kier alpha value is -1.64. The summed E-state index contributed by atoms with van der Waals surface area (Å²) in [5.74, 6) is -1.62. The van der Waals surface area contributed by atoms with Gasteiger partial charge in [0.2, 0.25) is 0 Å². The van der Waals surface area contributed by atoms with Crippen LogP contribution in [0.15, 0.2) is 23.8 Å². The highest BCUT2D eigenvalue weighted by atomic mass is 16.3. The molecular formula is C21H32O7. The van der Waals surface area contributed by atoms with E-state index in [2.05, 4.69) is 0 Å². The highest BCUT2D eigenvalue weighted by Crippen LogP contribution is 2.48. The lowest BCUT2D eigenvalue weighted by molar-refractivity contribution is -0.0670. The molecule has 4 atom stereocenters. The molecule has 0 aromatic heterocycles. The second-order valence-corrected chi connectivity index (χ2v) is 7.88. The minimum atomic E-state index is -1.55. The molecule has 3 unspecified atom stereocenters. The van der Waals surface area contributed by atoms with Crippen molar-refractivity contribution in [2.75, 3.05) is 19.8 Å². The van der Waals surface area contributed by atoms with Gasteiger partial charge < -0.3 is 35.7 Å². The van der Waals surface area contributed by atoms with E-state index in [4.69, 9.17) is 5.11 Å². The van der Waals surface area contributed by atoms with Gasteiger partial charge in [0.25, 0.3) is 0 Å². The average molecular weight is 396 g/mol. The van der Waals surface area contributed by atoms with Crippen molar-refractivity contribution in [3.8, 4) is 11.5 Å². The zero-order valence-electron chi connectivity index (χ0n) is 16.3. The fourth-order valence-electron chi connectivity index (χ4n) is 3.98. The van der Waals surface area contributed by atoms with Crippen molar-refractivity contribution < 1.29 is 35.7 Å². The van der Waals surface area contributed by atoms with Gasteiger partial charge in [-0.3, -0.25) is 0 Å². The Morgan fingerprint density at radius 2 is 1.68 bits per heavy atom. The number of phenolic OH excluding ortho intramolecular Hbond substituents is 2. The molecule has 0 bridgehead atoms. The molecule has 7 N–H and O–H groups in total. The van der Waals surface area contributed by atoms with E-state index < -0.39 is 30.1 Å². The van der Waals surface area contributed by atoms with Crippen LogP contribution in [0.4, 0.5) is 0 Å². The fraction of sp³-hybridized carbons (Fsp3) is 0.619. The van der Waals surface area contributed by atoms with Crippen molar-refractivity contribution in [3.05, 3.63) is 34.9 Å². The quantitative estimate of drug-likeness (QED) is 0.243. The molecule has 158 valence electrons. The standard InChI is InChI=1S/C21H32O7/c1-21(28,12-24)16-10-17(25)14(11-23)9-15(16)20-18(26)7-13(8-19(20)27)5-3-2-4-6-22/h7-9,15-17,22-28H,2-6,10-12H2,1H3/t15?,16-,17?,21?/m1/s1. The molecule has 0 spiro atoms. The number of aromatic hydroxyl groups is 2. The number of rotatable bonds is 9. The molecule has 1 aromatic carbocycles. The van der Waals surface area contributed by atoms with Crippen LogP contribution in [-0.4, -0.2) is 67.3 Å². The molecule has 1 aromatic rings. The Labute approximate surface area is 165 Å². The molecule has 0 saturated carbocycles. The fourth-order valence-corrected chi connectivity index (χ4v) is 3.98. The Morgan fingerprint density at radius 3 is 2.21 bits per heavy atom. The second-order valence-electron chi connectivity index (χ2n) is 7.88. The van der Waals surface area contributed by atoms with Gasteiger partial charge in [-0.05, 0) is 55.9 Å². The van der Waals surface area contributed by atoms with Crippen LogP contribution < -0.4 is 0 Å². The van der Waals surface area contributed by atoms with Crippen molar-refractivity contribution in [2.24, 2.45) is 5.92 Å². The monoisotopic (exact) mass is 396 g/mol. The Morgan fingerprint density at radius 1 is 1.04 bits per heavy atom. The van der Waals surface area contributed by atoms with Crippen LogP contribution >= 0.6 is 0 Å². The third-order valence-corrected chi connectivity index (χ3v) is 5.69. The number of allylic oxidation sites excluding steroid dienone is 1. The highest BCUT2D eigenvalue weighted by Gasteiger charge is 2.43. The SMILES string of the molecule is CC(O)(CO)[C@@H]1CC(O)C(CO)=CC1c1c(O)cc(CCCCCO)cc1O. The smallest absolute Gasteiger partial charge is 0.123 e. The summed E-state index contributed by atoms with van der Waals surface area (Å²) in [6, 6.07) is 3.13. The molecule has 1 aliphatic rings. The molecule has 1 aliphatic carbocycles. The molecule has 0 amide bonds. The first-order valence-electron chi connectivity index (χ1n) is 9.73. The molecule has 28 heavy (non-hydrogen) atoms. The number of aliphatic hydroxyl groups excluding tert-OH is 4. The van der Waals surface area contributed by atoms with Crippen LogP contribution in [0.1, 0.15) is 49.7 Å². The van der Waals surface area contributed by atoms with Crippen LogP contribution in [0.2, 0.25) is 0 Å². The third-order valence-electron chi connectivity index (χ3n) is 5.69. The van der Waals surface area contributed by atoms with Crippen LogP contribution in [0.25, 0.3) is 0 Å². The van der Waals surface area contributed by atoms with Crippen LogP contribution in [-0.2, 0) is 6.42 Å². The summed E-state index contributed by atoms with van der Waals surface area (Å²) < 4.78 is 0. The van der Waals surface area contributed by atoms with Crippen molar-refractivity contribution in [1.29, 1.82) is 0 Å². The van der Waals surface area contributed by atoms with E-state index in [0.29, 0.717) is 18.4 Å². The van der Waals surface area contributed by atoms with Crippen molar-refractivity contribution in [1.82, 2.24) is 0 Å². The summed E-state index contributed by atoms with van der Waals surface area (Å²) in [6.07, 6.45) is 3.65. The molecule has 7 nitrogen and oxygen atoms in total. The minimum absolute atomic E-state index is 0.0758. The minimum Gasteiger partial charge on any atom is -0.507 e. The lowest BCUT2D eigenvalue weighted by Gasteiger charge is -2.41. The summed E-state index contributed by atoms with van der Waals surface area (Å²) in [5.41, 5.74) is -0.243. The van der Waals surface area contributed by atoms with E-state index in [9.17, 15) is 30.6 Å². The zero-order chi connectivity index (χ0) is 20.9. The summed E-state index contributed by atoms with van der Waals surface area (Å²) in [6.45, 7) is 0.650. The van der Waals surface area contributed by atoms with Crippen molar-refractivity contribution in [2.45, 2.75) is 56.7 Å². The lowest BCUT2D eigenvalue weighted by atomic mass is 9.68. The predicted molar refractivity (Wildman–Crippen MR) is 104 cm³/mol. The first-order chi connectivity index (χ1) is 13.2. The summed E-state index contributed by atoms with van der Waals surface area (Å²) >= 11 is 0. The normalized spacial score (nSPS) is 24.6. The van der Waals surface area contributed by atoms with E-state index in [1.54, 1.807) is 18.2 Å². The van der Waals surface area contributed by atoms with E-state index in [1.807, 2.05) is 0 Å². The van der Waals surface area contributed by atoms with Gasteiger partial charge in [0.15, 0.2) is 0 Å². The van der Waals surface area contributed by atoms with E-state index in [0.717, 1.165) is 18.4 Å². The van der Waals surface area contributed by atoms with Gasteiger partial charge >= 0.3 is 0 Å². The molecule has 7 heteroatoms. The highest BCUT2D eigenvalue weighted by molar-refractivity contribution is 5.51. The summed E-state index contributed by atoms with van der Waals surface area (Å²) in [4.78, 5) is 0. The first-order valence-corrected chi connectivity index (χ1v) is 9.73. The second kappa shape index (κ2) is 9.71. The van der Waals surface area contributed by atoms with Crippen molar-refractivity contribution >= 4 is 0 Å². The van der Waals surface area contributed by atoms with E-state index >= 15 is 0 Å². The number of benzene rings is 1. The average Bonchev–Trinajstić information content (AvgIpc) is 2.65. The van der Waals surface area contributed by atoms with Gasteiger partial charge in [0.05, 0.1) is 24.9 Å². The molecular weight excluding hydrogens is 364 g/mol. The zero-order valence-corrected chi connectivity index (χ0v) is 16.3. The number of aliphatic hydroxyl groups is 5. The molecule has 0 radical (unpaired) electrons. The van der Waals surface area contributed by atoms with Gasteiger partial charge in [-0.25, -0.2) is 0 Å². The molecule has 0 aliphatic heterocycles. The number of hydrogen-bond acceptors (Lipinski definition) is 7. The summed E-state index contributed by atoms with van der Waals surface area (Å²) in [5, 5.41) is 70.0. The topological polar surface area (TPSA) is 142 Å². The van der Waals surface area contributed by atoms with Crippen LogP contribution in [0.5, 0.6) is 11.5 Å². The van der Waals surface area contributed by atoms with Gasteiger partial charge in [0.1, 0.15) is 11.5 Å². The predicted octanol–water partition coefficient (Wildman–Crippen LogP) is 0.929. The van der Waals surface area contributed by atoms with Crippen LogP contribution in [0.3, 0.4) is 0 Å². The third kappa shape index (κ3) is 5.04. The molecule has 0 fully saturated rings. The largest absolute Gasteiger partial charge is 0.507 e. The molecule has 0 heterocycles. The maximum absolute atomic E-state index is 10.6. The van der Waals surface area contributed by atoms with Crippen LogP contribution in [0, 0.1) is 5.92 Å². The Balaban J connectivity index is 2.39. The Bertz CT molecular complexity index is 660. The van der Waals surface area contributed by atoms with E-state index in [-0.39, 0.29) is 36.7 Å². The molecule has 2 rings (SSSR count). The van der Waals surface area contributed by atoms with Gasteiger partial charge in [-0.2, -0.15) is 0 Å². The van der Waals surface area contributed by atoms with Gasteiger partial charge in [0, 0.05) is 24.0 Å².